The molecule has 2 atom stereocenters. The molecule has 0 N–H and O–H groups in total. The monoisotopic (exact) mass is 370 g/mol. The van der Waals surface area contributed by atoms with Crippen molar-refractivity contribution in [2.24, 2.45) is 5.92 Å². The molecule has 1 aromatic rings. The highest BCUT2D eigenvalue weighted by Gasteiger charge is 2.43. The second-order valence-corrected chi connectivity index (χ2v) is 6.45. The van der Waals surface area contributed by atoms with Crippen molar-refractivity contribution in [2.45, 2.75) is 58.2 Å². The van der Waals surface area contributed by atoms with Gasteiger partial charge in [-0.25, -0.2) is 4.79 Å². The van der Waals surface area contributed by atoms with Crippen LogP contribution in [0.1, 0.15) is 57.1 Å². The van der Waals surface area contributed by atoms with E-state index in [4.69, 9.17) is 9.47 Å². The van der Waals surface area contributed by atoms with Crippen molar-refractivity contribution in [2.75, 3.05) is 6.61 Å². The number of fused-ring (bicyclic) bond motifs is 1. The van der Waals surface area contributed by atoms with Gasteiger partial charge in [-0.3, -0.25) is 0 Å². The van der Waals surface area contributed by atoms with Gasteiger partial charge in [0.15, 0.2) is 0 Å². The van der Waals surface area contributed by atoms with Crippen LogP contribution in [0.5, 0.6) is 5.75 Å². The van der Waals surface area contributed by atoms with E-state index in [0.29, 0.717) is 17.6 Å². The molecule has 6 heteroatoms. The number of carbonyl (C=O) groups is 1. The Balaban J connectivity index is 2.37. The van der Waals surface area contributed by atoms with Crippen LogP contribution in [0.15, 0.2) is 24.8 Å². The van der Waals surface area contributed by atoms with Gasteiger partial charge in [0.1, 0.15) is 5.75 Å². The number of unbranched alkanes of at least 4 members (excludes halogenated alkanes) is 3. The van der Waals surface area contributed by atoms with Crippen LogP contribution >= 0.6 is 0 Å². The maximum atomic E-state index is 13.3. The summed E-state index contributed by atoms with van der Waals surface area (Å²) < 4.78 is 50.6. The molecule has 0 bridgehead atoms. The molecule has 0 amide bonds. The predicted octanol–water partition coefficient (Wildman–Crippen LogP) is 5.63. The molecule has 1 aliphatic heterocycles. The molecular formula is C20H25F3O3. The summed E-state index contributed by atoms with van der Waals surface area (Å²) >= 11 is 0. The molecule has 0 fully saturated rings. The molecule has 0 unspecified atom stereocenters. The fraction of sp³-hybridized carbons (Fsp3) is 0.550. The van der Waals surface area contributed by atoms with E-state index in [0.717, 1.165) is 31.7 Å². The highest BCUT2D eigenvalue weighted by Crippen LogP contribution is 2.47. The van der Waals surface area contributed by atoms with E-state index in [1.54, 1.807) is 13.0 Å². The molecule has 3 nitrogen and oxygen atoms in total. The minimum absolute atomic E-state index is 0.140. The van der Waals surface area contributed by atoms with E-state index in [9.17, 15) is 18.0 Å². The molecule has 26 heavy (non-hydrogen) atoms. The molecule has 144 valence electrons. The highest BCUT2D eigenvalue weighted by atomic mass is 19.4. The number of benzene rings is 1. The largest absolute Gasteiger partial charge is 0.477 e. The molecule has 1 heterocycles. The lowest BCUT2D eigenvalue weighted by Gasteiger charge is -2.35. The van der Waals surface area contributed by atoms with Crippen LogP contribution in [0, 0.1) is 5.92 Å². The standard InChI is InChI=1S/C20H25F3O3/c1-4-6-7-8-10-15-13(3)14-11-9-12-16(20(21,22)23)17(14)26-18(15)19(24)25-5-2/h9,11-12,15,18H,3-8,10H2,1-2H3/t15-,18+/m1/s1. The number of alkyl halides is 3. The second-order valence-electron chi connectivity index (χ2n) is 6.45. The van der Waals surface area contributed by atoms with Crippen LogP contribution in [0.4, 0.5) is 13.2 Å². The van der Waals surface area contributed by atoms with E-state index in [-0.39, 0.29) is 18.3 Å². The Morgan fingerprint density at radius 2 is 1.96 bits per heavy atom. The first-order chi connectivity index (χ1) is 12.3. The van der Waals surface area contributed by atoms with Gasteiger partial charge in [0.25, 0.3) is 0 Å². The van der Waals surface area contributed by atoms with E-state index in [1.165, 1.54) is 6.07 Å². The van der Waals surface area contributed by atoms with Gasteiger partial charge < -0.3 is 9.47 Å². The molecule has 0 aliphatic carbocycles. The molecular weight excluding hydrogens is 345 g/mol. The summed E-state index contributed by atoms with van der Waals surface area (Å²) in [5.74, 6) is -1.36. The number of ether oxygens (including phenoxy) is 2. The first kappa shape index (κ1) is 20.3. The topological polar surface area (TPSA) is 35.5 Å². The summed E-state index contributed by atoms with van der Waals surface area (Å²) in [7, 11) is 0. The average Bonchev–Trinajstić information content (AvgIpc) is 2.59. The maximum absolute atomic E-state index is 13.3. The van der Waals surface area contributed by atoms with Crippen molar-refractivity contribution in [3.05, 3.63) is 35.9 Å². The summed E-state index contributed by atoms with van der Waals surface area (Å²) in [4.78, 5) is 12.3. The van der Waals surface area contributed by atoms with Crippen molar-refractivity contribution >= 4 is 11.5 Å². The average molecular weight is 370 g/mol. The van der Waals surface area contributed by atoms with Crippen LogP contribution in [0.3, 0.4) is 0 Å². The molecule has 0 saturated carbocycles. The zero-order valence-corrected chi connectivity index (χ0v) is 15.2. The Kier molecular flexibility index (Phi) is 6.73. The number of rotatable bonds is 7. The Morgan fingerprint density at radius 1 is 1.23 bits per heavy atom. The third kappa shape index (κ3) is 4.40. The van der Waals surface area contributed by atoms with Crippen LogP contribution in [0.2, 0.25) is 0 Å². The van der Waals surface area contributed by atoms with Gasteiger partial charge in [0.2, 0.25) is 6.10 Å². The van der Waals surface area contributed by atoms with Crippen molar-refractivity contribution in [1.29, 1.82) is 0 Å². The molecule has 2 rings (SSSR count). The third-order valence-electron chi connectivity index (χ3n) is 4.61. The number of para-hydroxylation sites is 1. The number of esters is 1. The van der Waals surface area contributed by atoms with E-state index in [2.05, 4.69) is 13.5 Å². The zero-order valence-electron chi connectivity index (χ0n) is 15.2. The highest BCUT2D eigenvalue weighted by molar-refractivity contribution is 5.84. The minimum Gasteiger partial charge on any atom is -0.477 e. The second kappa shape index (κ2) is 8.60. The van der Waals surface area contributed by atoms with Gasteiger partial charge in [-0.2, -0.15) is 13.2 Å². The van der Waals surface area contributed by atoms with Gasteiger partial charge in [-0.15, -0.1) is 0 Å². The number of carbonyl (C=O) groups excluding carboxylic acids is 1. The third-order valence-corrected chi connectivity index (χ3v) is 4.61. The molecule has 1 aromatic carbocycles. The summed E-state index contributed by atoms with van der Waals surface area (Å²) in [6.45, 7) is 7.89. The fourth-order valence-corrected chi connectivity index (χ4v) is 3.29. The van der Waals surface area contributed by atoms with Crippen LogP contribution in [-0.4, -0.2) is 18.7 Å². The lowest BCUT2D eigenvalue weighted by atomic mass is 9.81. The maximum Gasteiger partial charge on any atom is 0.419 e. The van der Waals surface area contributed by atoms with Crippen LogP contribution < -0.4 is 4.74 Å². The smallest absolute Gasteiger partial charge is 0.419 e. The normalized spacial score (nSPS) is 19.7. The van der Waals surface area contributed by atoms with Gasteiger partial charge in [0.05, 0.1) is 12.2 Å². The predicted molar refractivity (Wildman–Crippen MR) is 93.8 cm³/mol. The lowest BCUT2D eigenvalue weighted by molar-refractivity contribution is -0.155. The summed E-state index contributed by atoms with van der Waals surface area (Å²) in [6, 6.07) is 3.86. The van der Waals surface area contributed by atoms with Crippen molar-refractivity contribution in [3.8, 4) is 5.75 Å². The van der Waals surface area contributed by atoms with E-state index >= 15 is 0 Å². The number of hydrogen-bond donors (Lipinski definition) is 0. The van der Waals surface area contributed by atoms with Crippen molar-refractivity contribution in [3.63, 3.8) is 0 Å². The number of hydrogen-bond acceptors (Lipinski definition) is 3. The Bertz CT molecular complexity index is 652. The first-order valence-corrected chi connectivity index (χ1v) is 9.03. The summed E-state index contributed by atoms with van der Waals surface area (Å²) in [5.41, 5.74) is -0.0670. The first-order valence-electron chi connectivity index (χ1n) is 9.03. The quantitative estimate of drug-likeness (QED) is 0.461. The van der Waals surface area contributed by atoms with E-state index < -0.39 is 23.8 Å². The summed E-state index contributed by atoms with van der Waals surface area (Å²) in [5, 5.41) is 0. The Hall–Kier alpha value is -1.98. The van der Waals surface area contributed by atoms with Crippen molar-refractivity contribution in [1.82, 2.24) is 0 Å². The molecule has 1 aliphatic rings. The van der Waals surface area contributed by atoms with E-state index in [1.807, 2.05) is 0 Å². The molecule has 0 saturated heterocycles. The zero-order chi connectivity index (χ0) is 19.3. The Morgan fingerprint density at radius 3 is 2.58 bits per heavy atom. The number of halogens is 3. The van der Waals surface area contributed by atoms with Crippen LogP contribution in [0.25, 0.3) is 5.57 Å². The summed E-state index contributed by atoms with van der Waals surface area (Å²) in [6.07, 6.45) is -1.06. The lowest BCUT2D eigenvalue weighted by Crippen LogP contribution is -2.40. The molecule has 0 aromatic heterocycles. The van der Waals surface area contributed by atoms with Gasteiger partial charge >= 0.3 is 12.1 Å². The molecule has 0 radical (unpaired) electrons. The van der Waals surface area contributed by atoms with Crippen LogP contribution in [-0.2, 0) is 15.7 Å². The van der Waals surface area contributed by atoms with Gasteiger partial charge in [-0.1, -0.05) is 51.3 Å². The van der Waals surface area contributed by atoms with Gasteiger partial charge in [0, 0.05) is 11.5 Å². The Labute approximate surface area is 152 Å². The minimum atomic E-state index is -4.57. The SMILES string of the molecule is C=C1c2cccc(C(F)(F)F)c2O[C@H](C(=O)OCC)[C@@H]1CCCCCC. The fourth-order valence-electron chi connectivity index (χ4n) is 3.29. The van der Waals surface area contributed by atoms with Crippen molar-refractivity contribution < 1.29 is 27.4 Å². The molecule has 0 spiro atoms. The van der Waals surface area contributed by atoms with Gasteiger partial charge in [-0.05, 0) is 25.0 Å².